The van der Waals surface area contributed by atoms with Crippen LogP contribution in [0.2, 0.25) is 5.02 Å². The van der Waals surface area contributed by atoms with Crippen LogP contribution >= 0.6 is 11.6 Å². The van der Waals surface area contributed by atoms with Crippen molar-refractivity contribution in [2.45, 2.75) is 6.42 Å². The van der Waals surface area contributed by atoms with Crippen LogP contribution in [-0.2, 0) is 11.2 Å². The number of hydrogen-bond acceptors (Lipinski definition) is 3. The maximum absolute atomic E-state index is 10.3. The number of methoxy groups -OCH3 is 1. The van der Waals surface area contributed by atoms with Gasteiger partial charge in [0.1, 0.15) is 0 Å². The minimum absolute atomic E-state index is 0.355. The lowest BCUT2D eigenvalue weighted by Gasteiger charge is -2.05. The molecule has 0 aromatic carbocycles. The number of rotatable bonds is 4. The molecule has 5 nitrogen and oxygen atoms in total. The molecule has 15 heavy (non-hydrogen) atoms. The predicted octanol–water partition coefficient (Wildman–Crippen LogP) is 2.01. The first-order valence-electron chi connectivity index (χ1n) is 4.27. The van der Waals surface area contributed by atoms with Crippen molar-refractivity contribution < 1.29 is 14.6 Å². The largest absolute Gasteiger partial charge is 0.465 e. The normalized spacial score (nSPS) is 10.0. The van der Waals surface area contributed by atoms with Gasteiger partial charge in [-0.15, -0.1) is 0 Å². The Labute approximate surface area is 92.0 Å². The number of nitrogens with one attached hydrogen (secondary N) is 1. The van der Waals surface area contributed by atoms with E-state index in [-0.39, 0.29) is 0 Å². The van der Waals surface area contributed by atoms with E-state index in [1.165, 1.54) is 12.3 Å². The molecule has 0 aliphatic heterocycles. The minimum atomic E-state index is -1.14. The number of carboxylic acid groups (broad SMARTS) is 1. The zero-order valence-electron chi connectivity index (χ0n) is 8.16. The molecule has 0 radical (unpaired) electrons. The van der Waals surface area contributed by atoms with E-state index in [0.717, 1.165) is 0 Å². The second-order valence-electron chi connectivity index (χ2n) is 2.83. The van der Waals surface area contributed by atoms with Crippen molar-refractivity contribution in [1.82, 2.24) is 4.98 Å². The number of hydrogen-bond donors (Lipinski definition) is 2. The molecule has 1 amide bonds. The van der Waals surface area contributed by atoms with Gasteiger partial charge in [-0.2, -0.15) is 0 Å². The highest BCUT2D eigenvalue weighted by Gasteiger charge is 2.05. The number of pyridine rings is 1. The molecular formula is C9H11ClN2O3. The Bertz CT molecular complexity index is 357. The maximum atomic E-state index is 10.3. The molecule has 2 N–H and O–H groups in total. The fraction of sp³-hybridized carbons (Fsp3) is 0.333. The first-order valence-corrected chi connectivity index (χ1v) is 4.64. The quantitative estimate of drug-likeness (QED) is 0.830. The third-order valence-electron chi connectivity index (χ3n) is 1.71. The summed E-state index contributed by atoms with van der Waals surface area (Å²) in [6, 6.07) is 1.52. The van der Waals surface area contributed by atoms with E-state index in [9.17, 15) is 4.79 Å². The van der Waals surface area contributed by atoms with E-state index in [0.29, 0.717) is 29.4 Å². The molecule has 0 unspecified atom stereocenters. The number of ether oxygens (including phenoxy) is 1. The van der Waals surface area contributed by atoms with E-state index in [2.05, 4.69) is 10.3 Å². The van der Waals surface area contributed by atoms with Gasteiger partial charge in [-0.1, -0.05) is 11.6 Å². The smallest absolute Gasteiger partial charge is 0.409 e. The Morgan fingerprint density at radius 2 is 2.47 bits per heavy atom. The molecule has 0 bridgehead atoms. The van der Waals surface area contributed by atoms with Crippen LogP contribution < -0.4 is 5.32 Å². The molecule has 0 aliphatic rings. The van der Waals surface area contributed by atoms with Crippen molar-refractivity contribution in [2.24, 2.45) is 0 Å². The summed E-state index contributed by atoms with van der Waals surface area (Å²) >= 11 is 5.90. The average Bonchev–Trinajstić information content (AvgIpc) is 2.15. The number of nitrogens with zero attached hydrogens (tertiary/aromatic N) is 1. The first kappa shape index (κ1) is 11.7. The molecule has 1 aromatic rings. The molecule has 1 heterocycles. The Balaban J connectivity index is 2.74. The highest BCUT2D eigenvalue weighted by atomic mass is 35.5. The van der Waals surface area contributed by atoms with Gasteiger partial charge in [0.15, 0.2) is 0 Å². The monoisotopic (exact) mass is 230 g/mol. The van der Waals surface area contributed by atoms with E-state index in [1.807, 2.05) is 0 Å². The molecular weight excluding hydrogens is 220 g/mol. The third kappa shape index (κ3) is 3.73. The highest BCUT2D eigenvalue weighted by Crippen LogP contribution is 2.18. The van der Waals surface area contributed by atoms with Crippen LogP contribution in [0.5, 0.6) is 0 Å². The summed E-state index contributed by atoms with van der Waals surface area (Å²) in [4.78, 5) is 14.4. The number of amides is 1. The zero-order valence-corrected chi connectivity index (χ0v) is 8.91. The summed E-state index contributed by atoms with van der Waals surface area (Å²) in [5, 5.41) is 11.1. The van der Waals surface area contributed by atoms with Crippen molar-refractivity contribution in [1.29, 1.82) is 0 Å². The SMILES string of the molecule is COCCc1ncc(NC(=O)O)cc1Cl. The lowest BCUT2D eigenvalue weighted by atomic mass is 10.2. The maximum Gasteiger partial charge on any atom is 0.409 e. The molecule has 0 saturated heterocycles. The van der Waals surface area contributed by atoms with E-state index in [4.69, 9.17) is 21.4 Å². The van der Waals surface area contributed by atoms with E-state index >= 15 is 0 Å². The molecule has 0 atom stereocenters. The van der Waals surface area contributed by atoms with Crippen LogP contribution in [0.1, 0.15) is 5.69 Å². The van der Waals surface area contributed by atoms with Crippen LogP contribution in [0, 0.1) is 0 Å². The van der Waals surface area contributed by atoms with Gasteiger partial charge in [-0.3, -0.25) is 10.3 Å². The zero-order chi connectivity index (χ0) is 11.3. The van der Waals surface area contributed by atoms with Gasteiger partial charge in [0.25, 0.3) is 0 Å². The predicted molar refractivity (Wildman–Crippen MR) is 56.5 cm³/mol. The van der Waals surface area contributed by atoms with E-state index < -0.39 is 6.09 Å². The third-order valence-corrected chi connectivity index (χ3v) is 2.04. The average molecular weight is 231 g/mol. The number of halogens is 1. The van der Waals surface area contributed by atoms with Crippen LogP contribution in [-0.4, -0.2) is 29.9 Å². The van der Waals surface area contributed by atoms with Crippen molar-refractivity contribution in [2.75, 3.05) is 19.0 Å². The molecule has 82 valence electrons. The Morgan fingerprint density at radius 1 is 1.73 bits per heavy atom. The van der Waals surface area contributed by atoms with Gasteiger partial charge in [-0.25, -0.2) is 4.79 Å². The number of carbonyl (C=O) groups is 1. The fourth-order valence-corrected chi connectivity index (χ4v) is 1.30. The highest BCUT2D eigenvalue weighted by molar-refractivity contribution is 6.31. The van der Waals surface area contributed by atoms with Crippen molar-refractivity contribution in [3.05, 3.63) is 23.0 Å². The Kier molecular flexibility index (Phi) is 4.33. The summed E-state index contributed by atoms with van der Waals surface area (Å²) < 4.78 is 4.89. The second kappa shape index (κ2) is 5.53. The molecule has 0 aliphatic carbocycles. The lowest BCUT2D eigenvalue weighted by molar-refractivity contribution is 0.201. The molecule has 1 aromatic heterocycles. The summed E-state index contributed by atoms with van der Waals surface area (Å²) in [5.74, 6) is 0. The van der Waals surface area contributed by atoms with E-state index in [1.54, 1.807) is 7.11 Å². The van der Waals surface area contributed by atoms with Crippen molar-refractivity contribution in [3.63, 3.8) is 0 Å². The van der Waals surface area contributed by atoms with Crippen LogP contribution in [0.25, 0.3) is 0 Å². The Hall–Kier alpha value is -1.33. The summed E-state index contributed by atoms with van der Waals surface area (Å²) in [5.41, 5.74) is 1.04. The van der Waals surface area contributed by atoms with Gasteiger partial charge >= 0.3 is 6.09 Å². The Morgan fingerprint density at radius 3 is 3.00 bits per heavy atom. The number of aromatic nitrogens is 1. The van der Waals surface area contributed by atoms with Gasteiger partial charge in [0.05, 0.1) is 29.2 Å². The number of anilines is 1. The van der Waals surface area contributed by atoms with Gasteiger partial charge in [0, 0.05) is 13.5 Å². The van der Waals surface area contributed by atoms with Gasteiger partial charge in [0.2, 0.25) is 0 Å². The van der Waals surface area contributed by atoms with Gasteiger partial charge in [-0.05, 0) is 6.07 Å². The molecule has 1 rings (SSSR count). The second-order valence-corrected chi connectivity index (χ2v) is 3.23. The molecule has 6 heteroatoms. The fourth-order valence-electron chi connectivity index (χ4n) is 1.04. The molecule has 0 fully saturated rings. The summed E-state index contributed by atoms with van der Waals surface area (Å²) in [6.45, 7) is 0.526. The van der Waals surface area contributed by atoms with Crippen molar-refractivity contribution in [3.8, 4) is 0 Å². The molecule has 0 saturated carbocycles. The lowest BCUT2D eigenvalue weighted by Crippen LogP contribution is -2.08. The van der Waals surface area contributed by atoms with Gasteiger partial charge < -0.3 is 9.84 Å². The summed E-state index contributed by atoms with van der Waals surface area (Å²) in [7, 11) is 1.59. The standard InChI is InChI=1S/C9H11ClN2O3/c1-15-3-2-8-7(10)4-6(5-11-8)12-9(13)14/h4-5,12H,2-3H2,1H3,(H,13,14). The van der Waals surface area contributed by atoms with Crippen LogP contribution in [0.3, 0.4) is 0 Å². The van der Waals surface area contributed by atoms with Crippen LogP contribution in [0.4, 0.5) is 10.5 Å². The van der Waals surface area contributed by atoms with Crippen LogP contribution in [0.15, 0.2) is 12.3 Å². The topological polar surface area (TPSA) is 71.5 Å². The first-order chi connectivity index (χ1) is 7.13. The minimum Gasteiger partial charge on any atom is -0.465 e. The summed E-state index contributed by atoms with van der Waals surface area (Å²) in [6.07, 6.45) is 0.880. The molecule has 0 spiro atoms. The van der Waals surface area contributed by atoms with Crippen molar-refractivity contribution >= 4 is 23.4 Å².